The minimum Gasteiger partial charge on any atom is -0.396 e. The number of thioether (sulfide) groups is 1. The molecule has 2 rings (SSSR count). The lowest BCUT2D eigenvalue weighted by atomic mass is 9.99. The van der Waals surface area contributed by atoms with Gasteiger partial charge in [0.15, 0.2) is 0 Å². The molecule has 0 aromatic carbocycles. The minimum atomic E-state index is 0.185. The van der Waals surface area contributed by atoms with Crippen molar-refractivity contribution in [1.29, 1.82) is 0 Å². The van der Waals surface area contributed by atoms with Crippen molar-refractivity contribution in [2.75, 3.05) is 25.4 Å². The van der Waals surface area contributed by atoms with Gasteiger partial charge in [-0.15, -0.1) is 23.1 Å². The Kier molecular flexibility index (Phi) is 6.01. The third-order valence-corrected chi connectivity index (χ3v) is 5.61. The first-order valence-corrected chi connectivity index (χ1v) is 8.74. The van der Waals surface area contributed by atoms with E-state index >= 15 is 0 Å². The zero-order chi connectivity index (χ0) is 13.7. The van der Waals surface area contributed by atoms with E-state index in [1.807, 2.05) is 17.0 Å². The Labute approximate surface area is 126 Å². The molecule has 6 heteroatoms. The van der Waals surface area contributed by atoms with Crippen LogP contribution in [0, 0.1) is 5.92 Å². The van der Waals surface area contributed by atoms with Crippen molar-refractivity contribution in [2.45, 2.75) is 18.6 Å². The van der Waals surface area contributed by atoms with Crippen LogP contribution in [0.25, 0.3) is 0 Å². The highest BCUT2D eigenvalue weighted by molar-refractivity contribution is 7.99. The Bertz CT molecular complexity index is 425. The quantitative estimate of drug-likeness (QED) is 0.907. The third kappa shape index (κ3) is 4.67. The van der Waals surface area contributed by atoms with Crippen LogP contribution < -0.4 is 0 Å². The molecule has 1 aliphatic heterocycles. The van der Waals surface area contributed by atoms with Gasteiger partial charge in [0.2, 0.25) is 5.91 Å². The molecular weight excluding hydrogens is 302 g/mol. The molecule has 0 aliphatic carbocycles. The Morgan fingerprint density at radius 3 is 3.11 bits per heavy atom. The number of aliphatic hydroxyl groups is 1. The van der Waals surface area contributed by atoms with Crippen molar-refractivity contribution < 1.29 is 9.90 Å². The van der Waals surface area contributed by atoms with E-state index in [4.69, 9.17) is 16.7 Å². The lowest BCUT2D eigenvalue weighted by molar-refractivity contribution is -0.130. The fourth-order valence-corrected chi connectivity index (χ4v) is 4.33. The maximum Gasteiger partial charge on any atom is 0.232 e. The number of thiophene rings is 1. The van der Waals surface area contributed by atoms with Gasteiger partial charge in [0.05, 0.1) is 10.1 Å². The molecule has 0 spiro atoms. The molecule has 1 fully saturated rings. The van der Waals surface area contributed by atoms with Crippen LogP contribution in [-0.4, -0.2) is 41.4 Å². The smallest absolute Gasteiger partial charge is 0.232 e. The van der Waals surface area contributed by atoms with Crippen molar-refractivity contribution >= 4 is 40.6 Å². The van der Waals surface area contributed by atoms with Gasteiger partial charge in [-0.3, -0.25) is 4.79 Å². The summed E-state index contributed by atoms with van der Waals surface area (Å²) in [7, 11) is 0. The van der Waals surface area contributed by atoms with Gasteiger partial charge in [0.1, 0.15) is 0 Å². The zero-order valence-electron chi connectivity index (χ0n) is 10.7. The molecule has 1 amide bonds. The van der Waals surface area contributed by atoms with E-state index in [-0.39, 0.29) is 18.4 Å². The summed E-state index contributed by atoms with van der Waals surface area (Å²) in [6, 6.07) is 3.90. The lowest BCUT2D eigenvalue weighted by Crippen LogP contribution is -2.41. The van der Waals surface area contributed by atoms with E-state index in [1.165, 1.54) is 4.88 Å². The first-order valence-electron chi connectivity index (χ1n) is 6.39. The highest BCUT2D eigenvalue weighted by Crippen LogP contribution is 2.25. The Morgan fingerprint density at radius 1 is 1.58 bits per heavy atom. The Balaban J connectivity index is 1.72. The van der Waals surface area contributed by atoms with E-state index in [2.05, 4.69) is 0 Å². The van der Waals surface area contributed by atoms with Crippen LogP contribution in [0.1, 0.15) is 17.7 Å². The monoisotopic (exact) mass is 319 g/mol. The number of hydrogen-bond acceptors (Lipinski definition) is 4. The molecule has 19 heavy (non-hydrogen) atoms. The molecule has 3 nitrogen and oxygen atoms in total. The second-order valence-corrected chi connectivity index (χ2v) is 7.51. The molecule has 1 aromatic rings. The predicted molar refractivity (Wildman–Crippen MR) is 81.9 cm³/mol. The Morgan fingerprint density at radius 2 is 2.42 bits per heavy atom. The summed E-state index contributed by atoms with van der Waals surface area (Å²) in [5, 5.41) is 9.16. The van der Waals surface area contributed by atoms with E-state index in [1.54, 1.807) is 23.1 Å². The first-order chi connectivity index (χ1) is 9.19. The first kappa shape index (κ1) is 15.2. The topological polar surface area (TPSA) is 40.5 Å². The highest BCUT2D eigenvalue weighted by Gasteiger charge is 2.22. The van der Waals surface area contributed by atoms with Crippen molar-refractivity contribution in [3.8, 4) is 0 Å². The van der Waals surface area contributed by atoms with E-state index in [9.17, 15) is 4.79 Å². The largest absolute Gasteiger partial charge is 0.396 e. The third-order valence-electron chi connectivity index (χ3n) is 3.23. The van der Waals surface area contributed by atoms with Crippen LogP contribution in [0.2, 0.25) is 4.34 Å². The summed E-state index contributed by atoms with van der Waals surface area (Å²) < 4.78 is 0.795. The van der Waals surface area contributed by atoms with E-state index in [0.29, 0.717) is 12.3 Å². The van der Waals surface area contributed by atoms with Crippen molar-refractivity contribution in [2.24, 2.45) is 5.92 Å². The van der Waals surface area contributed by atoms with Crippen LogP contribution >= 0.6 is 34.7 Å². The number of nitrogens with zero attached hydrogens (tertiary/aromatic N) is 1. The van der Waals surface area contributed by atoms with E-state index < -0.39 is 0 Å². The van der Waals surface area contributed by atoms with Gasteiger partial charge in [-0.1, -0.05) is 11.6 Å². The molecule has 1 N–H and O–H groups in total. The standard InChI is InChI=1S/C13H18ClNO2S2/c14-12-4-3-11(19-12)8-18-9-13(17)15-5-1-2-10(6-15)7-16/h3-4,10,16H,1-2,5-9H2. The average molecular weight is 320 g/mol. The number of likely N-dealkylation sites (tertiary alicyclic amines) is 1. The number of aliphatic hydroxyl groups excluding tert-OH is 1. The van der Waals surface area contributed by atoms with Crippen molar-refractivity contribution in [3.05, 3.63) is 21.3 Å². The fourth-order valence-electron chi connectivity index (χ4n) is 2.20. The van der Waals surface area contributed by atoms with Gasteiger partial charge in [0, 0.05) is 30.3 Å². The SMILES string of the molecule is O=C(CSCc1ccc(Cl)s1)N1CCCC(CO)C1. The van der Waals surface area contributed by atoms with Crippen LogP contribution in [-0.2, 0) is 10.5 Å². The molecule has 106 valence electrons. The number of halogens is 1. The molecule has 1 atom stereocenters. The molecule has 1 unspecified atom stereocenters. The van der Waals surface area contributed by atoms with E-state index in [0.717, 1.165) is 29.5 Å². The van der Waals surface area contributed by atoms with Crippen LogP contribution in [0.15, 0.2) is 12.1 Å². The number of rotatable bonds is 5. The zero-order valence-corrected chi connectivity index (χ0v) is 13.1. The molecule has 1 saturated heterocycles. The second-order valence-electron chi connectivity index (χ2n) is 4.73. The van der Waals surface area contributed by atoms with Gasteiger partial charge >= 0.3 is 0 Å². The number of amides is 1. The predicted octanol–water partition coefficient (Wildman–Crippen LogP) is 2.87. The fraction of sp³-hybridized carbons (Fsp3) is 0.615. The number of carbonyl (C=O) groups excluding carboxylic acids is 1. The summed E-state index contributed by atoms with van der Waals surface area (Å²) in [5.41, 5.74) is 0. The van der Waals surface area contributed by atoms with Crippen LogP contribution in [0.5, 0.6) is 0 Å². The lowest BCUT2D eigenvalue weighted by Gasteiger charge is -2.31. The number of carbonyl (C=O) groups is 1. The summed E-state index contributed by atoms with van der Waals surface area (Å²) in [6.07, 6.45) is 2.03. The molecule has 0 bridgehead atoms. The van der Waals surface area contributed by atoms with Crippen molar-refractivity contribution in [3.63, 3.8) is 0 Å². The maximum atomic E-state index is 12.1. The average Bonchev–Trinajstić information content (AvgIpc) is 2.84. The summed E-state index contributed by atoms with van der Waals surface area (Å²) in [4.78, 5) is 15.1. The minimum absolute atomic E-state index is 0.185. The molecular formula is C13H18ClNO2S2. The highest BCUT2D eigenvalue weighted by atomic mass is 35.5. The Hall–Kier alpha value is -0.230. The maximum absolute atomic E-state index is 12.1. The molecule has 2 heterocycles. The normalized spacial score (nSPS) is 19.7. The van der Waals surface area contributed by atoms with Gasteiger partial charge in [-0.2, -0.15) is 0 Å². The van der Waals surface area contributed by atoms with Crippen LogP contribution in [0.4, 0.5) is 0 Å². The molecule has 0 radical (unpaired) electrons. The van der Waals surface area contributed by atoms with Gasteiger partial charge in [0.25, 0.3) is 0 Å². The second kappa shape index (κ2) is 7.53. The van der Waals surface area contributed by atoms with Crippen molar-refractivity contribution in [1.82, 2.24) is 4.90 Å². The summed E-state index contributed by atoms with van der Waals surface area (Å²) >= 11 is 9.06. The molecule has 1 aromatic heterocycles. The van der Waals surface area contributed by atoms with Crippen LogP contribution in [0.3, 0.4) is 0 Å². The summed E-state index contributed by atoms with van der Waals surface area (Å²) in [5.74, 6) is 1.79. The summed E-state index contributed by atoms with van der Waals surface area (Å²) in [6.45, 7) is 1.73. The van der Waals surface area contributed by atoms with Gasteiger partial charge in [-0.05, 0) is 30.9 Å². The number of piperidine rings is 1. The number of hydrogen-bond donors (Lipinski definition) is 1. The molecule has 1 aliphatic rings. The molecule has 0 saturated carbocycles. The van der Waals surface area contributed by atoms with Gasteiger partial charge in [-0.25, -0.2) is 0 Å². The van der Waals surface area contributed by atoms with Gasteiger partial charge < -0.3 is 10.0 Å².